The molecule has 0 bridgehead atoms. The van der Waals surface area contributed by atoms with E-state index in [0.717, 1.165) is 24.9 Å². The van der Waals surface area contributed by atoms with Gasteiger partial charge >= 0.3 is 0 Å². The molecule has 0 heterocycles. The zero-order valence-corrected chi connectivity index (χ0v) is 11.0. The summed E-state index contributed by atoms with van der Waals surface area (Å²) in [6.45, 7) is 2.54. The number of alkyl halides is 2. The Labute approximate surface area is 107 Å². The van der Waals surface area contributed by atoms with Crippen molar-refractivity contribution < 1.29 is 0 Å². The van der Waals surface area contributed by atoms with Crippen LogP contribution in [0.5, 0.6) is 0 Å². The lowest BCUT2D eigenvalue weighted by atomic mass is 10.2. The third-order valence-corrected chi connectivity index (χ3v) is 3.00. The number of hydrazine groups is 1. The summed E-state index contributed by atoms with van der Waals surface area (Å²) in [4.78, 5) is 0. The van der Waals surface area contributed by atoms with Crippen molar-refractivity contribution >= 4 is 28.9 Å². The molecule has 0 saturated carbocycles. The molecule has 2 nitrogen and oxygen atoms in total. The highest BCUT2D eigenvalue weighted by Crippen LogP contribution is 2.29. The van der Waals surface area contributed by atoms with E-state index in [1.165, 1.54) is 0 Å². The fraction of sp³-hybridized carbons (Fsp3) is 0.500. The van der Waals surface area contributed by atoms with Gasteiger partial charge < -0.3 is 5.01 Å². The zero-order chi connectivity index (χ0) is 12.0. The maximum atomic E-state index is 6.20. The Balaban J connectivity index is 2.53. The fourth-order valence-corrected chi connectivity index (χ4v) is 2.00. The quantitative estimate of drug-likeness (QED) is 0.480. The van der Waals surface area contributed by atoms with Gasteiger partial charge in [-0.3, -0.25) is 0 Å². The molecule has 16 heavy (non-hydrogen) atoms. The maximum Gasteiger partial charge on any atom is 0.137 e. The molecule has 0 atom stereocenters. The van der Waals surface area contributed by atoms with Crippen LogP contribution < -0.4 is 10.9 Å². The van der Waals surface area contributed by atoms with Crippen LogP contribution in [0.15, 0.2) is 30.3 Å². The molecule has 0 saturated heterocycles. The van der Waals surface area contributed by atoms with Crippen molar-refractivity contribution in [2.75, 3.05) is 11.6 Å². The molecule has 0 amide bonds. The normalized spacial score (nSPS) is 11.5. The van der Waals surface area contributed by atoms with Gasteiger partial charge in [0.1, 0.15) is 4.33 Å². The van der Waals surface area contributed by atoms with Crippen molar-refractivity contribution in [3.8, 4) is 0 Å². The van der Waals surface area contributed by atoms with Gasteiger partial charge in [0.25, 0.3) is 0 Å². The van der Waals surface area contributed by atoms with E-state index in [4.69, 9.17) is 29.0 Å². The second-order valence-corrected chi connectivity index (χ2v) is 5.56. The lowest BCUT2D eigenvalue weighted by Crippen LogP contribution is -2.40. The van der Waals surface area contributed by atoms with Crippen LogP contribution >= 0.6 is 23.2 Å². The largest absolute Gasteiger partial charge is 0.308 e. The minimum absolute atomic E-state index is 0.431. The molecule has 4 heteroatoms. The van der Waals surface area contributed by atoms with Gasteiger partial charge in [-0.1, -0.05) is 61.2 Å². The average molecular weight is 261 g/mol. The highest BCUT2D eigenvalue weighted by molar-refractivity contribution is 6.48. The fourth-order valence-electron chi connectivity index (χ4n) is 1.47. The number of hydrogen-bond acceptors (Lipinski definition) is 2. The zero-order valence-electron chi connectivity index (χ0n) is 9.50. The summed E-state index contributed by atoms with van der Waals surface area (Å²) in [5.74, 6) is 5.92. The number of nitrogens with two attached hydrogens (primary N) is 1. The highest BCUT2D eigenvalue weighted by atomic mass is 35.5. The third kappa shape index (κ3) is 4.60. The number of nitrogens with zero attached hydrogens (tertiary/aromatic N) is 1. The van der Waals surface area contributed by atoms with Crippen LogP contribution in [-0.4, -0.2) is 10.9 Å². The van der Waals surface area contributed by atoms with Crippen LogP contribution in [0.2, 0.25) is 0 Å². The summed E-state index contributed by atoms with van der Waals surface area (Å²) in [5.41, 5.74) is 0.921. The van der Waals surface area contributed by atoms with Gasteiger partial charge in [-0.2, -0.15) is 0 Å². The van der Waals surface area contributed by atoms with E-state index in [2.05, 4.69) is 6.92 Å². The monoisotopic (exact) mass is 260 g/mol. The maximum absolute atomic E-state index is 6.20. The van der Waals surface area contributed by atoms with Gasteiger partial charge in [0, 0.05) is 0 Å². The van der Waals surface area contributed by atoms with Gasteiger partial charge in [-0.15, -0.1) is 0 Å². The van der Waals surface area contributed by atoms with Crippen LogP contribution in [0.25, 0.3) is 0 Å². The summed E-state index contributed by atoms with van der Waals surface area (Å²) in [6.07, 6.45) is 2.85. The minimum atomic E-state index is -0.777. The summed E-state index contributed by atoms with van der Waals surface area (Å²) >= 11 is 12.4. The molecule has 0 aliphatic heterocycles. The van der Waals surface area contributed by atoms with Crippen LogP contribution in [-0.2, 0) is 0 Å². The number of rotatable bonds is 6. The van der Waals surface area contributed by atoms with E-state index in [9.17, 15) is 0 Å². The summed E-state index contributed by atoms with van der Waals surface area (Å²) < 4.78 is -0.777. The Hall–Kier alpha value is -0.440. The van der Waals surface area contributed by atoms with E-state index in [1.54, 1.807) is 5.01 Å². The molecule has 0 aromatic heterocycles. The Morgan fingerprint density at radius 2 is 1.88 bits per heavy atom. The first-order valence-corrected chi connectivity index (χ1v) is 6.26. The number of para-hydroxylation sites is 1. The van der Waals surface area contributed by atoms with Gasteiger partial charge in [0.15, 0.2) is 0 Å². The Bertz CT molecular complexity index is 301. The van der Waals surface area contributed by atoms with E-state index >= 15 is 0 Å². The molecule has 0 aliphatic carbocycles. The van der Waals surface area contributed by atoms with Gasteiger partial charge in [-0.25, -0.2) is 5.84 Å². The third-order valence-electron chi connectivity index (χ3n) is 2.39. The molecule has 1 aromatic carbocycles. The lowest BCUT2D eigenvalue weighted by Gasteiger charge is -2.27. The summed E-state index contributed by atoms with van der Waals surface area (Å²) in [6, 6.07) is 9.69. The van der Waals surface area contributed by atoms with Crippen molar-refractivity contribution in [2.45, 2.75) is 30.5 Å². The van der Waals surface area contributed by atoms with Gasteiger partial charge in [-0.05, 0) is 18.6 Å². The first-order valence-electron chi connectivity index (χ1n) is 5.50. The molecular formula is C12H18Cl2N2. The number of benzene rings is 1. The highest BCUT2D eigenvalue weighted by Gasteiger charge is 2.25. The van der Waals surface area contributed by atoms with Crippen LogP contribution in [0, 0.1) is 0 Å². The Morgan fingerprint density at radius 1 is 1.25 bits per heavy atom. The summed E-state index contributed by atoms with van der Waals surface area (Å²) in [5, 5.41) is 1.59. The Kier molecular flexibility index (Phi) is 5.39. The molecule has 2 N–H and O–H groups in total. The minimum Gasteiger partial charge on any atom is -0.308 e. The molecule has 0 aliphatic rings. The van der Waals surface area contributed by atoms with Gasteiger partial charge in [0.2, 0.25) is 0 Å². The number of unbranched alkanes of at least 4 members (excludes halogenated alkanes) is 1. The predicted molar refractivity (Wildman–Crippen MR) is 71.9 cm³/mol. The second-order valence-electron chi connectivity index (χ2n) is 3.92. The standard InChI is InChI=1S/C12H18Cl2N2/c1-2-3-9-12(13,14)10-16(15)11-7-5-4-6-8-11/h4-8H,2-3,9-10,15H2,1H3. The van der Waals surface area contributed by atoms with Crippen molar-refractivity contribution in [3.63, 3.8) is 0 Å². The Morgan fingerprint density at radius 3 is 2.44 bits per heavy atom. The van der Waals surface area contributed by atoms with Crippen molar-refractivity contribution in [1.29, 1.82) is 0 Å². The second kappa shape index (κ2) is 6.33. The molecular weight excluding hydrogens is 243 g/mol. The lowest BCUT2D eigenvalue weighted by molar-refractivity contribution is 0.618. The molecule has 0 fully saturated rings. The number of halogens is 2. The average Bonchev–Trinajstić information content (AvgIpc) is 2.27. The molecule has 1 aromatic rings. The number of anilines is 1. The van der Waals surface area contributed by atoms with Gasteiger partial charge in [0.05, 0.1) is 12.2 Å². The smallest absolute Gasteiger partial charge is 0.137 e. The van der Waals surface area contributed by atoms with Crippen LogP contribution in [0.1, 0.15) is 26.2 Å². The van der Waals surface area contributed by atoms with Crippen molar-refractivity contribution in [2.24, 2.45) is 5.84 Å². The summed E-state index contributed by atoms with van der Waals surface area (Å²) in [7, 11) is 0. The SMILES string of the molecule is CCCCC(Cl)(Cl)CN(N)c1ccccc1. The molecule has 0 radical (unpaired) electrons. The first kappa shape index (κ1) is 13.6. The van der Waals surface area contributed by atoms with Crippen LogP contribution in [0.3, 0.4) is 0 Å². The molecule has 0 spiro atoms. The van der Waals surface area contributed by atoms with Crippen LogP contribution in [0.4, 0.5) is 5.69 Å². The topological polar surface area (TPSA) is 29.3 Å². The predicted octanol–water partition coefficient (Wildman–Crippen LogP) is 3.73. The van der Waals surface area contributed by atoms with Crippen molar-refractivity contribution in [3.05, 3.63) is 30.3 Å². The van der Waals surface area contributed by atoms with Crippen molar-refractivity contribution in [1.82, 2.24) is 0 Å². The molecule has 1 rings (SSSR count). The molecule has 0 unspecified atom stereocenters. The van der Waals surface area contributed by atoms with E-state index < -0.39 is 4.33 Å². The molecule has 90 valence electrons. The van der Waals surface area contributed by atoms with E-state index in [-0.39, 0.29) is 0 Å². The van der Waals surface area contributed by atoms with E-state index in [1.807, 2.05) is 30.3 Å². The first-order chi connectivity index (χ1) is 7.55. The van der Waals surface area contributed by atoms with E-state index in [0.29, 0.717) is 6.54 Å². The number of hydrogen-bond donors (Lipinski definition) is 1.